The van der Waals surface area contributed by atoms with Crippen LogP contribution < -0.4 is 4.74 Å². The van der Waals surface area contributed by atoms with Crippen molar-refractivity contribution in [3.8, 4) is 5.75 Å². The van der Waals surface area contributed by atoms with Gasteiger partial charge in [0.2, 0.25) is 0 Å². The second kappa shape index (κ2) is 5.36. The van der Waals surface area contributed by atoms with Crippen LogP contribution in [0.25, 0.3) is 0 Å². The first-order valence-corrected chi connectivity index (χ1v) is 6.19. The van der Waals surface area contributed by atoms with Gasteiger partial charge in [0.25, 0.3) is 0 Å². The lowest BCUT2D eigenvalue weighted by Gasteiger charge is -2.06. The summed E-state index contributed by atoms with van der Waals surface area (Å²) in [5.41, 5.74) is 0.303. The Balaban J connectivity index is 2.16. The zero-order chi connectivity index (χ0) is 14.0. The van der Waals surface area contributed by atoms with Gasteiger partial charge < -0.3 is 9.84 Å². The van der Waals surface area contributed by atoms with Crippen molar-refractivity contribution >= 4 is 17.3 Å². The van der Waals surface area contributed by atoms with Crippen molar-refractivity contribution < 1.29 is 23.4 Å². The van der Waals surface area contributed by atoms with Crippen LogP contribution in [-0.4, -0.2) is 11.1 Å². The summed E-state index contributed by atoms with van der Waals surface area (Å²) in [6.07, 6.45) is 0. The maximum absolute atomic E-state index is 13.0. The number of aryl methyl sites for hydroxylation is 1. The summed E-state index contributed by atoms with van der Waals surface area (Å²) in [4.78, 5) is 11.8. The van der Waals surface area contributed by atoms with Gasteiger partial charge in [-0.05, 0) is 30.7 Å². The Labute approximate surface area is 112 Å². The van der Waals surface area contributed by atoms with E-state index in [0.717, 1.165) is 34.4 Å². The van der Waals surface area contributed by atoms with Gasteiger partial charge in [0, 0.05) is 10.9 Å². The number of ether oxygens (including phenoxy) is 1. The highest BCUT2D eigenvalue weighted by atomic mass is 32.1. The van der Waals surface area contributed by atoms with E-state index < -0.39 is 17.6 Å². The van der Waals surface area contributed by atoms with E-state index in [9.17, 15) is 13.6 Å². The molecule has 0 spiro atoms. The molecule has 0 aliphatic carbocycles. The van der Waals surface area contributed by atoms with Crippen LogP contribution in [0.3, 0.4) is 0 Å². The lowest BCUT2D eigenvalue weighted by Crippen LogP contribution is -2.00. The average Bonchev–Trinajstić information content (AvgIpc) is 2.67. The summed E-state index contributed by atoms with van der Waals surface area (Å²) < 4.78 is 31.3. The fourth-order valence-electron chi connectivity index (χ4n) is 1.60. The minimum atomic E-state index is -1.08. The van der Waals surface area contributed by atoms with Crippen molar-refractivity contribution in [2.45, 2.75) is 13.5 Å². The van der Waals surface area contributed by atoms with Crippen LogP contribution in [0, 0.1) is 18.6 Å². The number of hydrogen-bond acceptors (Lipinski definition) is 3. The van der Waals surface area contributed by atoms with E-state index >= 15 is 0 Å². The molecule has 1 N–H and O–H groups in total. The molecule has 0 radical (unpaired) electrons. The van der Waals surface area contributed by atoms with Crippen molar-refractivity contribution in [3.63, 3.8) is 0 Å². The predicted molar refractivity (Wildman–Crippen MR) is 66.7 cm³/mol. The number of carboxylic acid groups (broad SMARTS) is 1. The zero-order valence-electron chi connectivity index (χ0n) is 9.94. The quantitative estimate of drug-likeness (QED) is 0.933. The molecule has 0 saturated carbocycles. The van der Waals surface area contributed by atoms with Gasteiger partial charge in [0.05, 0.1) is 0 Å². The standard InChI is InChI=1S/C13H10F2O3S/c1-7-2-11(12(19-7)13(16)17)18-6-8-3-9(14)5-10(15)4-8/h2-5H,6H2,1H3,(H,16,17). The minimum Gasteiger partial charge on any atom is -0.487 e. The van der Waals surface area contributed by atoms with Crippen LogP contribution >= 0.6 is 11.3 Å². The lowest BCUT2D eigenvalue weighted by molar-refractivity contribution is 0.0697. The largest absolute Gasteiger partial charge is 0.487 e. The number of aromatic carboxylic acids is 1. The van der Waals surface area contributed by atoms with Crippen LogP contribution in [-0.2, 0) is 6.61 Å². The molecule has 0 aliphatic heterocycles. The Bertz CT molecular complexity index is 602. The van der Waals surface area contributed by atoms with Crippen molar-refractivity contribution in [3.05, 3.63) is 51.2 Å². The first kappa shape index (κ1) is 13.5. The van der Waals surface area contributed by atoms with Crippen LogP contribution in [0.2, 0.25) is 0 Å². The number of carboxylic acids is 1. The highest BCUT2D eigenvalue weighted by Crippen LogP contribution is 2.29. The molecule has 1 aromatic carbocycles. The van der Waals surface area contributed by atoms with Crippen molar-refractivity contribution in [2.24, 2.45) is 0 Å². The number of carbonyl (C=O) groups is 1. The molecule has 2 aromatic rings. The molecule has 2 rings (SSSR count). The second-order valence-electron chi connectivity index (χ2n) is 3.92. The maximum Gasteiger partial charge on any atom is 0.349 e. The molecular formula is C13H10F2O3S. The fourth-order valence-corrected chi connectivity index (χ4v) is 2.40. The summed E-state index contributed by atoms with van der Waals surface area (Å²) in [5, 5.41) is 8.97. The molecule has 1 aromatic heterocycles. The van der Waals surface area contributed by atoms with Gasteiger partial charge in [-0.25, -0.2) is 13.6 Å². The number of rotatable bonds is 4. The average molecular weight is 284 g/mol. The highest BCUT2D eigenvalue weighted by molar-refractivity contribution is 7.14. The van der Waals surface area contributed by atoms with Gasteiger partial charge in [0.15, 0.2) is 4.88 Å². The normalized spacial score (nSPS) is 10.5. The van der Waals surface area contributed by atoms with E-state index in [1.807, 2.05) is 0 Å². The molecule has 0 bridgehead atoms. The molecule has 0 saturated heterocycles. The monoisotopic (exact) mass is 284 g/mol. The van der Waals surface area contributed by atoms with Crippen molar-refractivity contribution in [2.75, 3.05) is 0 Å². The molecule has 100 valence electrons. The predicted octanol–water partition coefficient (Wildman–Crippen LogP) is 3.61. The van der Waals surface area contributed by atoms with Crippen molar-refractivity contribution in [1.29, 1.82) is 0 Å². The summed E-state index contributed by atoms with van der Waals surface area (Å²) >= 11 is 1.09. The highest BCUT2D eigenvalue weighted by Gasteiger charge is 2.15. The second-order valence-corrected chi connectivity index (χ2v) is 5.18. The topological polar surface area (TPSA) is 46.5 Å². The lowest BCUT2D eigenvalue weighted by atomic mass is 10.2. The number of hydrogen-bond donors (Lipinski definition) is 1. The van der Waals surface area contributed by atoms with Gasteiger partial charge in [-0.1, -0.05) is 0 Å². The zero-order valence-corrected chi connectivity index (χ0v) is 10.8. The van der Waals surface area contributed by atoms with Crippen molar-refractivity contribution in [1.82, 2.24) is 0 Å². The molecule has 0 amide bonds. The fraction of sp³-hybridized carbons (Fsp3) is 0.154. The molecule has 6 heteroatoms. The maximum atomic E-state index is 13.0. The Morgan fingerprint density at radius 1 is 1.26 bits per heavy atom. The summed E-state index contributed by atoms with van der Waals surface area (Å²) in [6, 6.07) is 4.64. The number of benzene rings is 1. The van der Waals surface area contributed by atoms with E-state index in [2.05, 4.69) is 0 Å². The van der Waals surface area contributed by atoms with Gasteiger partial charge in [-0.15, -0.1) is 11.3 Å². The third kappa shape index (κ3) is 3.29. The van der Waals surface area contributed by atoms with E-state index in [0.29, 0.717) is 5.56 Å². The van der Waals surface area contributed by atoms with Gasteiger partial charge >= 0.3 is 5.97 Å². The first-order valence-electron chi connectivity index (χ1n) is 5.37. The number of halogens is 2. The molecule has 1 heterocycles. The van der Waals surface area contributed by atoms with Crippen LogP contribution in [0.1, 0.15) is 20.1 Å². The Kier molecular flexibility index (Phi) is 3.80. The third-order valence-electron chi connectivity index (χ3n) is 2.33. The smallest absolute Gasteiger partial charge is 0.349 e. The van der Waals surface area contributed by atoms with Crippen LogP contribution in [0.4, 0.5) is 8.78 Å². The van der Waals surface area contributed by atoms with Gasteiger partial charge in [-0.2, -0.15) is 0 Å². The number of thiophene rings is 1. The van der Waals surface area contributed by atoms with E-state index in [1.165, 1.54) is 0 Å². The molecule has 0 fully saturated rings. The molecular weight excluding hydrogens is 274 g/mol. The molecule has 19 heavy (non-hydrogen) atoms. The molecule has 0 aliphatic rings. The SMILES string of the molecule is Cc1cc(OCc2cc(F)cc(F)c2)c(C(=O)O)s1. The summed E-state index contributed by atoms with van der Waals surface area (Å²) in [6.45, 7) is 1.66. The first-order chi connectivity index (χ1) is 8.95. The van der Waals surface area contributed by atoms with Gasteiger partial charge in [0.1, 0.15) is 24.0 Å². The molecule has 3 nitrogen and oxygen atoms in total. The summed E-state index contributed by atoms with van der Waals surface area (Å²) in [7, 11) is 0. The van der Waals surface area contributed by atoms with E-state index in [1.54, 1.807) is 13.0 Å². The van der Waals surface area contributed by atoms with E-state index in [4.69, 9.17) is 9.84 Å². The Hall–Kier alpha value is -1.95. The Morgan fingerprint density at radius 3 is 2.47 bits per heavy atom. The molecule has 0 atom stereocenters. The Morgan fingerprint density at radius 2 is 1.89 bits per heavy atom. The minimum absolute atomic E-state index is 0.0781. The van der Waals surface area contributed by atoms with E-state index in [-0.39, 0.29) is 17.2 Å². The van der Waals surface area contributed by atoms with Crippen LogP contribution in [0.5, 0.6) is 5.75 Å². The summed E-state index contributed by atoms with van der Waals surface area (Å²) in [5.74, 6) is -2.27. The van der Waals surface area contributed by atoms with Gasteiger partial charge in [-0.3, -0.25) is 0 Å². The molecule has 0 unspecified atom stereocenters. The third-order valence-corrected chi connectivity index (χ3v) is 3.35. The van der Waals surface area contributed by atoms with Crippen LogP contribution in [0.15, 0.2) is 24.3 Å².